The molecule has 0 atom stereocenters. The zero-order chi connectivity index (χ0) is 22.6. The van der Waals surface area contributed by atoms with Crippen molar-refractivity contribution in [3.05, 3.63) is 54.1 Å². The maximum atomic E-state index is 13.1. The topological polar surface area (TPSA) is 84.4 Å². The molecule has 32 heavy (non-hydrogen) atoms. The number of halogens is 3. The monoisotopic (exact) mass is 446 g/mol. The molecule has 0 saturated carbocycles. The Hall–Kier alpha value is -3.60. The quantitative estimate of drug-likeness (QED) is 0.582. The number of hydrogen-bond acceptors (Lipinski definition) is 8. The smallest absolute Gasteiger partial charge is 0.416 e. The van der Waals surface area contributed by atoms with E-state index in [1.165, 1.54) is 12.1 Å². The molecule has 2 N–H and O–H groups in total. The number of hydrogen-bond donors (Lipinski definition) is 2. The van der Waals surface area contributed by atoms with Crippen LogP contribution in [0.4, 0.5) is 42.4 Å². The molecule has 0 spiro atoms. The number of aromatic nitrogens is 3. The van der Waals surface area contributed by atoms with Crippen molar-refractivity contribution < 1.29 is 22.6 Å². The number of alkyl halides is 3. The number of anilines is 5. The summed E-state index contributed by atoms with van der Waals surface area (Å²) in [5, 5.41) is 5.96. The Balaban J connectivity index is 1.67. The summed E-state index contributed by atoms with van der Waals surface area (Å²) in [6, 6.07) is 12.1. The van der Waals surface area contributed by atoms with Gasteiger partial charge in [0.2, 0.25) is 17.8 Å². The maximum absolute atomic E-state index is 13.1. The number of methoxy groups -OCH3 is 1. The average molecular weight is 446 g/mol. The van der Waals surface area contributed by atoms with Crippen molar-refractivity contribution in [2.45, 2.75) is 6.18 Å². The summed E-state index contributed by atoms with van der Waals surface area (Å²) in [5.41, 5.74) is 0.0821. The van der Waals surface area contributed by atoms with Gasteiger partial charge in [0.1, 0.15) is 5.75 Å². The molecule has 0 amide bonds. The number of benzene rings is 2. The lowest BCUT2D eigenvalue weighted by Gasteiger charge is -2.27. The normalized spacial score (nSPS) is 14.2. The average Bonchev–Trinajstić information content (AvgIpc) is 2.79. The Morgan fingerprint density at radius 3 is 2.38 bits per heavy atom. The molecule has 2 aromatic carbocycles. The Labute approximate surface area is 182 Å². The molecule has 0 radical (unpaired) electrons. The van der Waals surface area contributed by atoms with Gasteiger partial charge in [-0.2, -0.15) is 28.1 Å². The zero-order valence-electron chi connectivity index (χ0n) is 17.2. The van der Waals surface area contributed by atoms with E-state index in [1.54, 1.807) is 19.2 Å². The van der Waals surface area contributed by atoms with Gasteiger partial charge in [-0.3, -0.25) is 0 Å². The fourth-order valence-electron chi connectivity index (χ4n) is 3.15. The summed E-state index contributed by atoms with van der Waals surface area (Å²) in [6.07, 6.45) is -4.45. The summed E-state index contributed by atoms with van der Waals surface area (Å²) in [5.74, 6) is 1.31. The van der Waals surface area contributed by atoms with Crippen LogP contribution in [-0.2, 0) is 10.9 Å². The second-order valence-electron chi connectivity index (χ2n) is 6.91. The lowest BCUT2D eigenvalue weighted by molar-refractivity contribution is -0.137. The van der Waals surface area contributed by atoms with Crippen LogP contribution in [0.25, 0.3) is 0 Å². The van der Waals surface area contributed by atoms with Crippen molar-refractivity contribution in [2.24, 2.45) is 0 Å². The van der Waals surface area contributed by atoms with E-state index >= 15 is 0 Å². The zero-order valence-corrected chi connectivity index (χ0v) is 17.2. The van der Waals surface area contributed by atoms with Crippen molar-refractivity contribution in [3.8, 4) is 5.75 Å². The molecular formula is C21H21F3N6O2. The van der Waals surface area contributed by atoms with Crippen LogP contribution in [0.3, 0.4) is 0 Å². The molecule has 1 aliphatic heterocycles. The minimum absolute atomic E-state index is 0.109. The Morgan fingerprint density at radius 2 is 1.66 bits per heavy atom. The molecule has 0 bridgehead atoms. The van der Waals surface area contributed by atoms with Crippen LogP contribution >= 0.6 is 0 Å². The highest BCUT2D eigenvalue weighted by atomic mass is 19.4. The molecule has 1 aromatic heterocycles. The molecule has 2 heterocycles. The lowest BCUT2D eigenvalue weighted by Crippen LogP contribution is -2.37. The van der Waals surface area contributed by atoms with E-state index < -0.39 is 11.7 Å². The van der Waals surface area contributed by atoms with Crippen LogP contribution in [0.1, 0.15) is 5.56 Å². The number of ether oxygens (including phenoxy) is 2. The standard InChI is InChI=1S/C21H21F3N6O2/c1-31-17-8-3-2-7-16(17)26-19-27-18(28-20(29-19)30-9-11-32-12-10-30)25-15-6-4-5-14(13-15)21(22,23)24/h2-8,13H,9-12H2,1H3,(H2,25,26,27,28,29). The van der Waals surface area contributed by atoms with Crippen molar-refractivity contribution in [3.63, 3.8) is 0 Å². The van der Waals surface area contributed by atoms with Gasteiger partial charge in [0.25, 0.3) is 0 Å². The van der Waals surface area contributed by atoms with E-state index in [0.717, 1.165) is 12.1 Å². The Kier molecular flexibility index (Phi) is 6.26. The first-order chi connectivity index (χ1) is 15.4. The van der Waals surface area contributed by atoms with E-state index in [4.69, 9.17) is 9.47 Å². The van der Waals surface area contributed by atoms with Gasteiger partial charge < -0.3 is 25.0 Å². The first kappa shape index (κ1) is 21.6. The SMILES string of the molecule is COc1ccccc1Nc1nc(Nc2cccc(C(F)(F)F)c2)nc(N2CCOCC2)n1. The Bertz CT molecular complexity index is 1070. The predicted molar refractivity (Wildman–Crippen MR) is 114 cm³/mol. The van der Waals surface area contributed by atoms with Crippen molar-refractivity contribution in [1.29, 1.82) is 0 Å². The third kappa shape index (κ3) is 5.17. The van der Waals surface area contributed by atoms with Crippen LogP contribution in [0, 0.1) is 0 Å². The van der Waals surface area contributed by atoms with Crippen LogP contribution in [0.2, 0.25) is 0 Å². The predicted octanol–water partition coefficient (Wildman–Crippen LogP) is 4.22. The van der Waals surface area contributed by atoms with E-state index in [2.05, 4.69) is 25.6 Å². The van der Waals surface area contributed by atoms with Crippen LogP contribution < -0.4 is 20.3 Å². The fourth-order valence-corrected chi connectivity index (χ4v) is 3.15. The summed E-state index contributed by atoms with van der Waals surface area (Å²) >= 11 is 0. The molecule has 11 heteroatoms. The lowest BCUT2D eigenvalue weighted by atomic mass is 10.2. The van der Waals surface area contributed by atoms with Gasteiger partial charge in [-0.1, -0.05) is 18.2 Å². The number of morpholine rings is 1. The van der Waals surface area contributed by atoms with Crippen molar-refractivity contribution >= 4 is 29.2 Å². The minimum atomic E-state index is -4.45. The summed E-state index contributed by atoms with van der Waals surface area (Å²) < 4.78 is 50.0. The fraction of sp³-hybridized carbons (Fsp3) is 0.286. The highest BCUT2D eigenvalue weighted by Gasteiger charge is 2.30. The highest BCUT2D eigenvalue weighted by molar-refractivity contribution is 5.64. The van der Waals surface area contributed by atoms with Gasteiger partial charge in [-0.25, -0.2) is 0 Å². The number of rotatable bonds is 6. The van der Waals surface area contributed by atoms with Crippen LogP contribution in [0.5, 0.6) is 5.75 Å². The van der Waals surface area contributed by atoms with Gasteiger partial charge in [0.05, 0.1) is 31.6 Å². The molecule has 4 rings (SSSR count). The Morgan fingerprint density at radius 1 is 0.938 bits per heavy atom. The van der Waals surface area contributed by atoms with Crippen LogP contribution in [0.15, 0.2) is 48.5 Å². The number of nitrogens with zero attached hydrogens (tertiary/aromatic N) is 4. The van der Waals surface area contributed by atoms with Gasteiger partial charge in [0, 0.05) is 18.8 Å². The molecule has 168 valence electrons. The molecule has 0 aliphatic carbocycles. The van der Waals surface area contributed by atoms with E-state index in [-0.39, 0.29) is 17.6 Å². The molecule has 8 nitrogen and oxygen atoms in total. The van der Waals surface area contributed by atoms with Gasteiger partial charge >= 0.3 is 6.18 Å². The van der Waals surface area contributed by atoms with Gasteiger partial charge in [-0.15, -0.1) is 0 Å². The molecule has 1 aliphatic rings. The van der Waals surface area contributed by atoms with Crippen molar-refractivity contribution in [1.82, 2.24) is 15.0 Å². The first-order valence-corrected chi connectivity index (χ1v) is 9.85. The summed E-state index contributed by atoms with van der Waals surface area (Å²) in [4.78, 5) is 15.2. The van der Waals surface area contributed by atoms with Gasteiger partial charge in [-0.05, 0) is 30.3 Å². The van der Waals surface area contributed by atoms with Gasteiger partial charge in [0.15, 0.2) is 0 Å². The van der Waals surface area contributed by atoms with E-state index in [0.29, 0.717) is 43.7 Å². The van der Waals surface area contributed by atoms with E-state index in [9.17, 15) is 13.2 Å². The minimum Gasteiger partial charge on any atom is -0.495 e. The largest absolute Gasteiger partial charge is 0.495 e. The molecule has 3 aromatic rings. The molecule has 1 saturated heterocycles. The third-order valence-corrected chi connectivity index (χ3v) is 4.72. The number of nitrogens with one attached hydrogen (secondary N) is 2. The second-order valence-corrected chi connectivity index (χ2v) is 6.91. The number of para-hydroxylation sites is 2. The maximum Gasteiger partial charge on any atom is 0.416 e. The molecule has 0 unspecified atom stereocenters. The molecular weight excluding hydrogens is 425 g/mol. The second kappa shape index (κ2) is 9.27. The van der Waals surface area contributed by atoms with Crippen LogP contribution in [-0.4, -0.2) is 48.4 Å². The van der Waals surface area contributed by atoms with E-state index in [1.807, 2.05) is 17.0 Å². The van der Waals surface area contributed by atoms with Crippen molar-refractivity contribution in [2.75, 3.05) is 48.9 Å². The summed E-state index contributed by atoms with van der Waals surface area (Å²) in [6.45, 7) is 2.22. The third-order valence-electron chi connectivity index (χ3n) is 4.72. The molecule has 1 fully saturated rings. The highest BCUT2D eigenvalue weighted by Crippen LogP contribution is 2.32. The summed E-state index contributed by atoms with van der Waals surface area (Å²) in [7, 11) is 1.55. The first-order valence-electron chi connectivity index (χ1n) is 9.85.